The Bertz CT molecular complexity index is 1030. The number of nitrogens with zero attached hydrogens (tertiary/aromatic N) is 2. The van der Waals surface area contributed by atoms with E-state index in [9.17, 15) is 19.2 Å². The monoisotopic (exact) mass is 517 g/mol. The third-order valence-corrected chi connectivity index (χ3v) is 7.54. The number of hydrogen-bond donors (Lipinski definition) is 1. The standard InChI is InChI=1S/C26H35N3O8/c1-6-35-16(36-7-2)13-29-20(21(24(29)32)37-14-15-11-9-8-10-12-15)19-17-18(23(31)28(4)22(17)30)26(3,27-19)25(33)34-5/h8-12,16-21,27H,6-7,13-14H2,1-5H3/t17-,18-,19+,20-,21+,26-/m0/s1. The van der Waals surface area contributed by atoms with E-state index in [0.29, 0.717) is 13.2 Å². The Kier molecular flexibility index (Phi) is 7.98. The van der Waals surface area contributed by atoms with Gasteiger partial charge in [0, 0.05) is 26.3 Å². The molecule has 3 heterocycles. The molecule has 11 heteroatoms. The van der Waals surface area contributed by atoms with Crippen molar-refractivity contribution in [3.05, 3.63) is 35.9 Å². The SMILES string of the molecule is CCOC(CN1C(=O)[C@H](OCc2ccccc2)[C@@H]1[C@@H]1N[C@](C)(C(=O)OC)[C@@H]2C(=O)N(C)C(=O)[C@H]12)OCC. The largest absolute Gasteiger partial charge is 0.468 e. The van der Waals surface area contributed by atoms with Crippen molar-refractivity contribution in [2.24, 2.45) is 11.8 Å². The van der Waals surface area contributed by atoms with E-state index in [-0.39, 0.29) is 19.1 Å². The highest BCUT2D eigenvalue weighted by Crippen LogP contribution is 2.46. The number of methoxy groups -OCH3 is 1. The molecule has 3 aliphatic heterocycles. The molecular formula is C26H35N3O8. The number of amides is 3. The zero-order valence-corrected chi connectivity index (χ0v) is 21.8. The number of carbonyl (C=O) groups is 4. The molecule has 202 valence electrons. The summed E-state index contributed by atoms with van der Waals surface area (Å²) in [6.07, 6.45) is -1.57. The van der Waals surface area contributed by atoms with Gasteiger partial charge in [-0.15, -0.1) is 0 Å². The quantitative estimate of drug-likeness (QED) is 0.191. The summed E-state index contributed by atoms with van der Waals surface area (Å²) in [5.41, 5.74) is -0.563. The van der Waals surface area contributed by atoms with Gasteiger partial charge in [0.2, 0.25) is 11.8 Å². The smallest absolute Gasteiger partial charge is 0.326 e. The molecule has 3 aliphatic rings. The topological polar surface area (TPSA) is 124 Å². The predicted molar refractivity (Wildman–Crippen MR) is 130 cm³/mol. The number of benzene rings is 1. The summed E-state index contributed by atoms with van der Waals surface area (Å²) in [5.74, 6) is -3.64. The number of β-lactam (4-membered cyclic amide) rings is 1. The minimum absolute atomic E-state index is 0.110. The van der Waals surface area contributed by atoms with Gasteiger partial charge in [-0.3, -0.25) is 29.4 Å². The Morgan fingerprint density at radius 3 is 2.30 bits per heavy atom. The molecule has 3 saturated heterocycles. The number of nitrogens with one attached hydrogen (secondary N) is 1. The molecule has 4 rings (SSSR count). The van der Waals surface area contributed by atoms with Crippen molar-refractivity contribution >= 4 is 23.7 Å². The number of carbonyl (C=O) groups excluding carboxylic acids is 4. The number of fused-ring (bicyclic) bond motifs is 1. The fourth-order valence-electron chi connectivity index (χ4n) is 5.77. The molecular weight excluding hydrogens is 482 g/mol. The van der Waals surface area contributed by atoms with Gasteiger partial charge in [-0.25, -0.2) is 0 Å². The molecule has 1 aromatic carbocycles. The number of imide groups is 1. The van der Waals surface area contributed by atoms with Crippen LogP contribution in [0.2, 0.25) is 0 Å². The van der Waals surface area contributed by atoms with Crippen LogP contribution in [-0.4, -0.2) is 97.4 Å². The Hall–Kier alpha value is -2.86. The normalized spacial score (nSPS) is 31.2. The van der Waals surface area contributed by atoms with E-state index < -0.39 is 59.6 Å². The summed E-state index contributed by atoms with van der Waals surface area (Å²) in [6.45, 7) is 6.29. The number of ether oxygens (including phenoxy) is 4. The second-order valence-corrected chi connectivity index (χ2v) is 9.64. The fraction of sp³-hybridized carbons (Fsp3) is 0.615. The van der Waals surface area contributed by atoms with Crippen LogP contribution in [0.15, 0.2) is 30.3 Å². The van der Waals surface area contributed by atoms with Crippen LogP contribution in [0, 0.1) is 11.8 Å². The second kappa shape index (κ2) is 10.9. The number of likely N-dealkylation sites (tertiary alicyclic amines) is 2. The fourth-order valence-corrected chi connectivity index (χ4v) is 5.77. The van der Waals surface area contributed by atoms with Crippen LogP contribution in [-0.2, 0) is 44.7 Å². The van der Waals surface area contributed by atoms with E-state index in [1.54, 1.807) is 11.8 Å². The minimum atomic E-state index is -1.45. The molecule has 37 heavy (non-hydrogen) atoms. The van der Waals surface area contributed by atoms with Crippen LogP contribution < -0.4 is 5.32 Å². The van der Waals surface area contributed by atoms with E-state index in [4.69, 9.17) is 18.9 Å². The van der Waals surface area contributed by atoms with Crippen LogP contribution in [0.25, 0.3) is 0 Å². The van der Waals surface area contributed by atoms with Crippen LogP contribution in [0.4, 0.5) is 0 Å². The molecule has 0 aromatic heterocycles. The molecule has 3 fully saturated rings. The lowest BCUT2D eigenvalue weighted by Crippen LogP contribution is -2.74. The van der Waals surface area contributed by atoms with Crippen molar-refractivity contribution in [3.63, 3.8) is 0 Å². The highest BCUT2D eigenvalue weighted by atomic mass is 16.7. The Morgan fingerprint density at radius 2 is 1.70 bits per heavy atom. The maximum absolute atomic E-state index is 13.4. The van der Waals surface area contributed by atoms with Crippen molar-refractivity contribution < 1.29 is 38.1 Å². The van der Waals surface area contributed by atoms with E-state index >= 15 is 0 Å². The van der Waals surface area contributed by atoms with Crippen LogP contribution in [0.1, 0.15) is 26.3 Å². The van der Waals surface area contributed by atoms with Gasteiger partial charge in [0.15, 0.2) is 12.4 Å². The first-order valence-corrected chi connectivity index (χ1v) is 12.6. The molecule has 3 amide bonds. The summed E-state index contributed by atoms with van der Waals surface area (Å²) in [7, 11) is 2.65. The van der Waals surface area contributed by atoms with Gasteiger partial charge in [-0.1, -0.05) is 30.3 Å². The van der Waals surface area contributed by atoms with Gasteiger partial charge < -0.3 is 23.8 Å². The third kappa shape index (κ3) is 4.65. The van der Waals surface area contributed by atoms with Crippen molar-refractivity contribution in [1.29, 1.82) is 0 Å². The minimum Gasteiger partial charge on any atom is -0.468 e. The zero-order valence-electron chi connectivity index (χ0n) is 21.8. The van der Waals surface area contributed by atoms with E-state index in [1.807, 2.05) is 44.2 Å². The molecule has 6 atom stereocenters. The molecule has 0 aliphatic carbocycles. The predicted octanol–water partition coefficient (Wildman–Crippen LogP) is 0.316. The Morgan fingerprint density at radius 1 is 1.05 bits per heavy atom. The average Bonchev–Trinajstić information content (AvgIpc) is 3.33. The average molecular weight is 518 g/mol. The van der Waals surface area contributed by atoms with Gasteiger partial charge in [-0.2, -0.15) is 0 Å². The lowest BCUT2D eigenvalue weighted by molar-refractivity contribution is -0.201. The van der Waals surface area contributed by atoms with Crippen LogP contribution in [0.5, 0.6) is 0 Å². The lowest BCUT2D eigenvalue weighted by atomic mass is 9.77. The van der Waals surface area contributed by atoms with Gasteiger partial charge in [0.1, 0.15) is 5.54 Å². The summed E-state index contributed by atoms with van der Waals surface area (Å²) in [4.78, 5) is 55.2. The van der Waals surface area contributed by atoms with Crippen molar-refractivity contribution in [2.75, 3.05) is 33.9 Å². The number of esters is 1. The summed E-state index contributed by atoms with van der Waals surface area (Å²) < 4.78 is 22.4. The Labute approximate surface area is 216 Å². The van der Waals surface area contributed by atoms with Gasteiger partial charge in [0.05, 0.1) is 38.1 Å². The van der Waals surface area contributed by atoms with Gasteiger partial charge in [0.25, 0.3) is 5.91 Å². The first kappa shape index (κ1) is 27.2. The second-order valence-electron chi connectivity index (χ2n) is 9.64. The molecule has 0 radical (unpaired) electrons. The number of hydrogen-bond acceptors (Lipinski definition) is 9. The summed E-state index contributed by atoms with van der Waals surface area (Å²) >= 11 is 0. The maximum Gasteiger partial charge on any atom is 0.326 e. The molecule has 0 unspecified atom stereocenters. The molecule has 1 aromatic rings. The molecule has 0 spiro atoms. The molecule has 11 nitrogen and oxygen atoms in total. The molecule has 1 N–H and O–H groups in total. The highest BCUT2D eigenvalue weighted by molar-refractivity contribution is 6.09. The number of rotatable bonds is 11. The first-order chi connectivity index (χ1) is 17.7. The Balaban J connectivity index is 1.67. The zero-order chi connectivity index (χ0) is 26.9. The van der Waals surface area contributed by atoms with Crippen molar-refractivity contribution in [3.8, 4) is 0 Å². The van der Waals surface area contributed by atoms with Crippen molar-refractivity contribution in [2.45, 2.75) is 57.4 Å². The van der Waals surface area contributed by atoms with Gasteiger partial charge >= 0.3 is 5.97 Å². The van der Waals surface area contributed by atoms with E-state index in [0.717, 1.165) is 10.5 Å². The third-order valence-electron chi connectivity index (χ3n) is 7.54. The van der Waals surface area contributed by atoms with Crippen LogP contribution in [0.3, 0.4) is 0 Å². The summed E-state index contributed by atoms with van der Waals surface area (Å²) in [6, 6.07) is 8.04. The highest BCUT2D eigenvalue weighted by Gasteiger charge is 2.70. The first-order valence-electron chi connectivity index (χ1n) is 12.6. The van der Waals surface area contributed by atoms with E-state index in [2.05, 4.69) is 5.32 Å². The lowest BCUT2D eigenvalue weighted by Gasteiger charge is -2.51. The van der Waals surface area contributed by atoms with Crippen molar-refractivity contribution in [1.82, 2.24) is 15.1 Å². The van der Waals surface area contributed by atoms with E-state index in [1.165, 1.54) is 14.2 Å². The molecule has 0 bridgehead atoms. The summed E-state index contributed by atoms with van der Waals surface area (Å²) in [5, 5.41) is 3.22. The van der Waals surface area contributed by atoms with Gasteiger partial charge in [-0.05, 0) is 26.3 Å². The van der Waals surface area contributed by atoms with Crippen LogP contribution >= 0.6 is 0 Å². The molecule has 0 saturated carbocycles. The maximum atomic E-state index is 13.4.